The van der Waals surface area contributed by atoms with Gasteiger partial charge in [-0.05, 0) is 24.3 Å². The van der Waals surface area contributed by atoms with Gasteiger partial charge in [-0.3, -0.25) is 9.78 Å². The van der Waals surface area contributed by atoms with Crippen molar-refractivity contribution in [1.29, 1.82) is 0 Å². The van der Waals surface area contributed by atoms with Crippen molar-refractivity contribution in [3.05, 3.63) is 48.4 Å². The number of benzene rings is 1. The first kappa shape index (κ1) is 13.8. The van der Waals surface area contributed by atoms with E-state index in [1.165, 1.54) is 0 Å². The summed E-state index contributed by atoms with van der Waals surface area (Å²) in [6.45, 7) is 1.09. The van der Waals surface area contributed by atoms with E-state index in [1.54, 1.807) is 50.0 Å². The summed E-state index contributed by atoms with van der Waals surface area (Å²) in [6.07, 6.45) is 4.85. The van der Waals surface area contributed by atoms with Crippen LogP contribution in [-0.4, -0.2) is 36.1 Å². The van der Waals surface area contributed by atoms with Crippen LogP contribution in [0.3, 0.4) is 0 Å². The molecule has 1 amide bonds. The van der Waals surface area contributed by atoms with Crippen LogP contribution in [0.25, 0.3) is 0 Å². The molecule has 2 rings (SSSR count). The summed E-state index contributed by atoms with van der Waals surface area (Å²) in [4.78, 5) is 19.9. The van der Waals surface area contributed by atoms with E-state index in [2.05, 4.69) is 20.6 Å². The molecule has 20 heavy (non-hydrogen) atoms. The van der Waals surface area contributed by atoms with E-state index >= 15 is 0 Å². The molecule has 0 unspecified atom stereocenters. The fourth-order valence-electron chi connectivity index (χ4n) is 1.60. The number of ether oxygens (including phenoxy) is 1. The monoisotopic (exact) mass is 272 g/mol. The van der Waals surface area contributed by atoms with Crippen LogP contribution in [0.2, 0.25) is 0 Å². The maximum Gasteiger partial charge on any atom is 0.251 e. The Balaban J connectivity index is 1.74. The third-order valence-electron chi connectivity index (χ3n) is 2.63. The fraction of sp³-hybridized carbons (Fsp3) is 0.214. The lowest BCUT2D eigenvalue weighted by molar-refractivity contribution is 0.0955. The first-order chi connectivity index (χ1) is 9.79. The molecule has 6 heteroatoms. The first-order valence-electron chi connectivity index (χ1n) is 6.22. The summed E-state index contributed by atoms with van der Waals surface area (Å²) in [5, 5.41) is 5.88. The topological polar surface area (TPSA) is 76.1 Å². The quantitative estimate of drug-likeness (QED) is 0.776. The van der Waals surface area contributed by atoms with E-state index in [0.717, 1.165) is 5.75 Å². The summed E-state index contributed by atoms with van der Waals surface area (Å²) in [6, 6.07) is 6.97. The second kappa shape index (κ2) is 7.08. The van der Waals surface area contributed by atoms with Crippen molar-refractivity contribution in [1.82, 2.24) is 15.3 Å². The van der Waals surface area contributed by atoms with Crippen LogP contribution in [0.1, 0.15) is 10.4 Å². The zero-order valence-electron chi connectivity index (χ0n) is 11.2. The lowest BCUT2D eigenvalue weighted by Crippen LogP contribution is -2.28. The first-order valence-corrected chi connectivity index (χ1v) is 6.22. The summed E-state index contributed by atoms with van der Waals surface area (Å²) < 4.78 is 5.04. The number of amides is 1. The summed E-state index contributed by atoms with van der Waals surface area (Å²) in [5.41, 5.74) is 0.602. The Morgan fingerprint density at radius 2 is 2.00 bits per heavy atom. The Labute approximate surface area is 117 Å². The Bertz CT molecular complexity index is 543. The lowest BCUT2D eigenvalue weighted by atomic mass is 10.2. The Kier molecular flexibility index (Phi) is 4.88. The maximum atomic E-state index is 11.8. The van der Waals surface area contributed by atoms with E-state index in [-0.39, 0.29) is 5.91 Å². The van der Waals surface area contributed by atoms with Crippen LogP contribution in [0, 0.1) is 0 Å². The maximum absolute atomic E-state index is 11.8. The Hall–Kier alpha value is -2.63. The van der Waals surface area contributed by atoms with Gasteiger partial charge in [0.25, 0.3) is 5.91 Å². The third kappa shape index (κ3) is 3.94. The molecule has 2 aromatic rings. The minimum Gasteiger partial charge on any atom is -0.497 e. The molecule has 0 spiro atoms. The molecule has 0 bridgehead atoms. The molecular formula is C14H16N4O2. The van der Waals surface area contributed by atoms with E-state index < -0.39 is 0 Å². The number of anilines is 1. The second-order valence-corrected chi connectivity index (χ2v) is 4.00. The zero-order chi connectivity index (χ0) is 14.2. The number of methoxy groups -OCH3 is 1. The van der Waals surface area contributed by atoms with Crippen LogP contribution in [0.5, 0.6) is 5.75 Å². The molecule has 104 valence electrons. The largest absolute Gasteiger partial charge is 0.497 e. The molecule has 1 heterocycles. The van der Waals surface area contributed by atoms with Gasteiger partial charge < -0.3 is 15.4 Å². The third-order valence-corrected chi connectivity index (χ3v) is 2.63. The predicted molar refractivity (Wildman–Crippen MR) is 75.8 cm³/mol. The molecule has 0 fully saturated rings. The minimum atomic E-state index is -0.117. The van der Waals surface area contributed by atoms with Crippen LogP contribution < -0.4 is 15.4 Å². The van der Waals surface area contributed by atoms with E-state index in [0.29, 0.717) is 24.5 Å². The summed E-state index contributed by atoms with van der Waals surface area (Å²) >= 11 is 0. The van der Waals surface area contributed by atoms with Gasteiger partial charge in [0.05, 0.1) is 13.3 Å². The molecule has 0 aliphatic carbocycles. The molecule has 0 saturated carbocycles. The van der Waals surface area contributed by atoms with Crippen LogP contribution in [0.15, 0.2) is 42.9 Å². The van der Waals surface area contributed by atoms with Crippen LogP contribution >= 0.6 is 0 Å². The fourth-order valence-corrected chi connectivity index (χ4v) is 1.60. The standard InChI is InChI=1S/C14H16N4O2/c1-20-12-4-2-11(3-5-12)14(19)18-9-8-17-13-10-15-6-7-16-13/h2-7,10H,8-9H2,1H3,(H,16,17)(H,18,19). The number of carbonyl (C=O) groups is 1. The molecule has 0 atom stereocenters. The number of nitrogens with one attached hydrogen (secondary N) is 2. The van der Waals surface area contributed by atoms with E-state index in [1.807, 2.05) is 0 Å². The normalized spacial score (nSPS) is 9.85. The number of aromatic nitrogens is 2. The average molecular weight is 272 g/mol. The Morgan fingerprint density at radius 3 is 2.65 bits per heavy atom. The average Bonchev–Trinajstić information content (AvgIpc) is 2.52. The van der Waals surface area contributed by atoms with Gasteiger partial charge in [-0.1, -0.05) is 0 Å². The number of rotatable bonds is 6. The number of nitrogens with zero attached hydrogens (tertiary/aromatic N) is 2. The molecule has 2 N–H and O–H groups in total. The van der Waals surface area contributed by atoms with Gasteiger partial charge in [0.15, 0.2) is 0 Å². The lowest BCUT2D eigenvalue weighted by Gasteiger charge is -2.07. The summed E-state index contributed by atoms with van der Waals surface area (Å²) in [7, 11) is 1.59. The number of hydrogen-bond donors (Lipinski definition) is 2. The smallest absolute Gasteiger partial charge is 0.251 e. The van der Waals surface area contributed by atoms with Crippen molar-refractivity contribution in [3.8, 4) is 5.75 Å². The Morgan fingerprint density at radius 1 is 1.20 bits per heavy atom. The van der Waals surface area contributed by atoms with Gasteiger partial charge >= 0.3 is 0 Å². The predicted octanol–water partition coefficient (Wildman–Crippen LogP) is 1.33. The van der Waals surface area contributed by atoms with E-state index in [4.69, 9.17) is 4.74 Å². The highest BCUT2D eigenvalue weighted by Crippen LogP contribution is 2.10. The second-order valence-electron chi connectivity index (χ2n) is 4.00. The number of hydrogen-bond acceptors (Lipinski definition) is 5. The van der Waals surface area contributed by atoms with Crippen molar-refractivity contribution in [3.63, 3.8) is 0 Å². The van der Waals surface area contributed by atoms with Gasteiger partial charge in [0, 0.05) is 31.0 Å². The summed E-state index contributed by atoms with van der Waals surface area (Å²) in [5.74, 6) is 1.30. The van der Waals surface area contributed by atoms with Crippen molar-refractivity contribution >= 4 is 11.7 Å². The molecule has 0 aliphatic heterocycles. The van der Waals surface area contributed by atoms with Crippen molar-refractivity contribution in [2.45, 2.75) is 0 Å². The van der Waals surface area contributed by atoms with E-state index in [9.17, 15) is 4.79 Å². The molecule has 1 aromatic heterocycles. The molecular weight excluding hydrogens is 256 g/mol. The van der Waals surface area contributed by atoms with Crippen LogP contribution in [-0.2, 0) is 0 Å². The SMILES string of the molecule is COc1ccc(C(=O)NCCNc2cnccn2)cc1. The van der Waals surface area contributed by atoms with Gasteiger partial charge in [-0.15, -0.1) is 0 Å². The highest BCUT2D eigenvalue weighted by Gasteiger charge is 2.04. The minimum absolute atomic E-state index is 0.117. The van der Waals surface area contributed by atoms with Gasteiger partial charge in [0.1, 0.15) is 11.6 Å². The van der Waals surface area contributed by atoms with Crippen molar-refractivity contribution in [2.24, 2.45) is 0 Å². The highest BCUT2D eigenvalue weighted by molar-refractivity contribution is 5.94. The molecule has 0 radical (unpaired) electrons. The van der Waals surface area contributed by atoms with Gasteiger partial charge in [0.2, 0.25) is 0 Å². The molecule has 6 nitrogen and oxygen atoms in total. The number of carbonyl (C=O) groups excluding carboxylic acids is 1. The highest BCUT2D eigenvalue weighted by atomic mass is 16.5. The van der Waals surface area contributed by atoms with Crippen LogP contribution in [0.4, 0.5) is 5.82 Å². The molecule has 0 saturated heterocycles. The molecule has 0 aliphatic rings. The van der Waals surface area contributed by atoms with Gasteiger partial charge in [-0.25, -0.2) is 4.98 Å². The molecule has 1 aromatic carbocycles. The van der Waals surface area contributed by atoms with Gasteiger partial charge in [-0.2, -0.15) is 0 Å². The zero-order valence-corrected chi connectivity index (χ0v) is 11.2. The van der Waals surface area contributed by atoms with Crippen molar-refractivity contribution < 1.29 is 9.53 Å². The van der Waals surface area contributed by atoms with Crippen molar-refractivity contribution in [2.75, 3.05) is 25.5 Å².